The van der Waals surface area contributed by atoms with Gasteiger partial charge in [0, 0.05) is 47.7 Å². The number of aromatic nitrogens is 4. The van der Waals surface area contributed by atoms with Crippen molar-refractivity contribution in [2.75, 3.05) is 11.9 Å². The van der Waals surface area contributed by atoms with Crippen molar-refractivity contribution in [3.63, 3.8) is 0 Å². The fraction of sp³-hybridized carbons (Fsp3) is 0.231. The van der Waals surface area contributed by atoms with Crippen LogP contribution in [0.3, 0.4) is 0 Å². The number of nitrogens with one attached hydrogen (secondary N) is 2. The van der Waals surface area contributed by atoms with Gasteiger partial charge in [0.2, 0.25) is 5.95 Å². The molecule has 1 aliphatic rings. The van der Waals surface area contributed by atoms with E-state index < -0.39 is 0 Å². The van der Waals surface area contributed by atoms with Crippen LogP contribution in [-0.2, 0) is 12.5 Å². The van der Waals surface area contributed by atoms with Crippen molar-refractivity contribution in [1.29, 1.82) is 0 Å². The van der Waals surface area contributed by atoms with Gasteiger partial charge in [0.05, 0.1) is 0 Å². The van der Waals surface area contributed by atoms with Gasteiger partial charge in [-0.05, 0) is 53.9 Å². The molecule has 1 aliphatic heterocycles. The molecule has 33 heavy (non-hydrogen) atoms. The quantitative estimate of drug-likeness (QED) is 0.486. The Morgan fingerprint density at radius 1 is 1.00 bits per heavy atom. The first-order valence-corrected chi connectivity index (χ1v) is 10.9. The number of aryl methyl sites for hydroxylation is 2. The maximum atomic E-state index is 12.2. The van der Waals surface area contributed by atoms with Gasteiger partial charge in [-0.15, -0.1) is 5.10 Å². The molecule has 0 fully saturated rings. The average Bonchev–Trinajstić information content (AvgIpc) is 3.17. The second-order valence-electron chi connectivity index (χ2n) is 9.10. The molecule has 4 aromatic rings. The van der Waals surface area contributed by atoms with Crippen molar-refractivity contribution in [2.45, 2.75) is 26.2 Å². The number of anilines is 2. The predicted octanol–water partition coefficient (Wildman–Crippen LogP) is 4.62. The maximum absolute atomic E-state index is 12.2. The summed E-state index contributed by atoms with van der Waals surface area (Å²) < 4.78 is 1.73. The lowest BCUT2D eigenvalue weighted by molar-refractivity contribution is 0.0930. The third-order valence-corrected chi connectivity index (χ3v) is 6.08. The topological polar surface area (TPSA) is 84.7 Å². The van der Waals surface area contributed by atoms with Crippen molar-refractivity contribution in [3.8, 4) is 22.5 Å². The zero-order valence-electron chi connectivity index (χ0n) is 19.2. The van der Waals surface area contributed by atoms with Gasteiger partial charge >= 0.3 is 0 Å². The number of rotatable bonds is 4. The molecule has 2 aromatic carbocycles. The minimum Gasteiger partial charge on any atom is -0.351 e. The maximum Gasteiger partial charge on any atom is 0.251 e. The Labute approximate surface area is 192 Å². The fourth-order valence-electron chi connectivity index (χ4n) is 4.15. The number of nitrogens with zero attached hydrogens (tertiary/aromatic N) is 4. The van der Waals surface area contributed by atoms with Crippen LogP contribution < -0.4 is 10.6 Å². The number of fused-ring (bicyclic) bond motifs is 1. The molecule has 3 heterocycles. The van der Waals surface area contributed by atoms with Gasteiger partial charge < -0.3 is 10.6 Å². The van der Waals surface area contributed by atoms with E-state index in [2.05, 4.69) is 52.8 Å². The summed E-state index contributed by atoms with van der Waals surface area (Å²) in [5, 5.41) is 10.9. The lowest BCUT2D eigenvalue weighted by Crippen LogP contribution is -2.43. The Morgan fingerprint density at radius 3 is 2.52 bits per heavy atom. The lowest BCUT2D eigenvalue weighted by atomic mass is 9.79. The Hall–Kier alpha value is -4.00. The van der Waals surface area contributed by atoms with E-state index in [1.807, 2.05) is 56.6 Å². The number of amides is 1. The van der Waals surface area contributed by atoms with Crippen molar-refractivity contribution < 1.29 is 4.79 Å². The molecule has 0 spiro atoms. The monoisotopic (exact) mass is 438 g/mol. The van der Waals surface area contributed by atoms with Crippen LogP contribution in [0.1, 0.15) is 35.5 Å². The normalized spacial score (nSPS) is 14.5. The number of pyridine rings is 1. The highest BCUT2D eigenvalue weighted by molar-refractivity contribution is 5.98. The van der Waals surface area contributed by atoms with Gasteiger partial charge in [0.15, 0.2) is 5.82 Å². The molecular weight excluding hydrogens is 412 g/mol. The fourth-order valence-corrected chi connectivity index (χ4v) is 4.15. The van der Waals surface area contributed by atoms with Crippen LogP contribution in [0.5, 0.6) is 0 Å². The van der Waals surface area contributed by atoms with Crippen molar-refractivity contribution in [2.24, 2.45) is 7.05 Å². The summed E-state index contributed by atoms with van der Waals surface area (Å²) in [6.45, 7) is 6.87. The van der Waals surface area contributed by atoms with Crippen LogP contribution in [0.15, 0.2) is 60.8 Å². The van der Waals surface area contributed by atoms with Crippen LogP contribution in [0, 0.1) is 6.92 Å². The summed E-state index contributed by atoms with van der Waals surface area (Å²) in [5.41, 5.74) is 6.68. The first-order chi connectivity index (χ1) is 15.8. The van der Waals surface area contributed by atoms with Gasteiger partial charge in [-0.2, -0.15) is 4.98 Å². The third kappa shape index (κ3) is 3.98. The molecule has 166 valence electrons. The Morgan fingerprint density at radius 2 is 1.76 bits per heavy atom. The van der Waals surface area contributed by atoms with Gasteiger partial charge in [-0.3, -0.25) is 9.78 Å². The van der Waals surface area contributed by atoms with Gasteiger partial charge in [0.25, 0.3) is 5.91 Å². The molecule has 1 amide bonds. The third-order valence-electron chi connectivity index (χ3n) is 6.08. The molecule has 0 unspecified atom stereocenters. The van der Waals surface area contributed by atoms with E-state index in [9.17, 15) is 4.79 Å². The average molecular weight is 439 g/mol. The number of carbonyl (C=O) groups excluding carboxylic acids is 1. The summed E-state index contributed by atoms with van der Waals surface area (Å²) in [5.74, 6) is 1.26. The highest BCUT2D eigenvalue weighted by Gasteiger charge is 2.31. The summed E-state index contributed by atoms with van der Waals surface area (Å²) in [6, 6.07) is 18.1. The molecule has 7 nitrogen and oxygen atoms in total. The summed E-state index contributed by atoms with van der Waals surface area (Å²) in [7, 11) is 1.86. The number of hydrogen-bond donors (Lipinski definition) is 2. The predicted molar refractivity (Wildman–Crippen MR) is 129 cm³/mol. The van der Waals surface area contributed by atoms with Crippen LogP contribution in [0.25, 0.3) is 22.5 Å². The first kappa shape index (κ1) is 20.9. The molecule has 5 rings (SSSR count). The first-order valence-electron chi connectivity index (χ1n) is 10.9. The summed E-state index contributed by atoms with van der Waals surface area (Å²) in [4.78, 5) is 21.2. The molecule has 2 aromatic heterocycles. The molecular formula is C26H26N6O. The highest BCUT2D eigenvalue weighted by Crippen LogP contribution is 2.32. The summed E-state index contributed by atoms with van der Waals surface area (Å²) >= 11 is 0. The lowest BCUT2D eigenvalue weighted by Gasteiger charge is -2.32. The van der Waals surface area contributed by atoms with Crippen LogP contribution in [0.2, 0.25) is 0 Å². The Bertz CT molecular complexity index is 1350. The van der Waals surface area contributed by atoms with E-state index in [1.165, 1.54) is 0 Å². The zero-order valence-corrected chi connectivity index (χ0v) is 19.2. The molecule has 0 bridgehead atoms. The van der Waals surface area contributed by atoms with Crippen LogP contribution in [-0.4, -0.2) is 32.2 Å². The second kappa shape index (κ2) is 7.85. The largest absolute Gasteiger partial charge is 0.351 e. The van der Waals surface area contributed by atoms with E-state index in [1.54, 1.807) is 4.68 Å². The van der Waals surface area contributed by atoms with Gasteiger partial charge in [-0.25, -0.2) is 4.68 Å². The zero-order chi connectivity index (χ0) is 23.2. The number of hydrogen-bond acceptors (Lipinski definition) is 5. The molecule has 0 aliphatic carbocycles. The van der Waals surface area contributed by atoms with Crippen molar-refractivity contribution in [3.05, 3.63) is 77.6 Å². The molecule has 7 heteroatoms. The van der Waals surface area contributed by atoms with E-state index >= 15 is 0 Å². The number of carbonyl (C=O) groups is 1. The summed E-state index contributed by atoms with van der Waals surface area (Å²) in [6.07, 6.45) is 1.82. The molecule has 0 saturated carbocycles. The molecule has 0 saturated heterocycles. The van der Waals surface area contributed by atoms with Gasteiger partial charge in [-0.1, -0.05) is 38.1 Å². The van der Waals surface area contributed by atoms with E-state index in [4.69, 9.17) is 4.98 Å². The van der Waals surface area contributed by atoms with Crippen molar-refractivity contribution >= 4 is 17.5 Å². The SMILES string of the molecule is Cc1cc(-c2ccc(-c3nc(Nc4ccc5c(c4)C(C)(C)CNC5=O)n(C)n3)cc2)ccn1. The second-order valence-corrected chi connectivity index (χ2v) is 9.10. The Balaban J connectivity index is 1.40. The van der Waals surface area contributed by atoms with E-state index in [-0.39, 0.29) is 11.3 Å². The Kier molecular flexibility index (Phi) is 4.96. The highest BCUT2D eigenvalue weighted by atomic mass is 16.1. The number of benzene rings is 2. The smallest absolute Gasteiger partial charge is 0.251 e. The molecule has 0 radical (unpaired) electrons. The van der Waals surface area contributed by atoms with E-state index in [0.29, 0.717) is 18.3 Å². The minimum atomic E-state index is -0.138. The van der Waals surface area contributed by atoms with Crippen LogP contribution in [0.4, 0.5) is 11.6 Å². The standard InChI is InChI=1S/C26H26N6O/c1-16-13-19(11-12-27-16)17-5-7-18(8-6-17)23-30-25(32(4)31-23)29-20-9-10-21-22(14-20)26(2,3)15-28-24(21)33/h5-14H,15H2,1-4H3,(H,28,33)(H,29,30,31). The van der Waals surface area contributed by atoms with E-state index in [0.717, 1.165) is 39.2 Å². The van der Waals surface area contributed by atoms with Gasteiger partial charge in [0.1, 0.15) is 0 Å². The van der Waals surface area contributed by atoms with Crippen LogP contribution >= 0.6 is 0 Å². The van der Waals surface area contributed by atoms with Crippen molar-refractivity contribution in [1.82, 2.24) is 25.1 Å². The minimum absolute atomic E-state index is 0.0257. The molecule has 0 atom stereocenters. The molecule has 2 N–H and O–H groups in total.